The minimum atomic E-state index is -0.208. The number of hydrogen-bond acceptors (Lipinski definition) is 7. The van der Waals surface area contributed by atoms with Gasteiger partial charge in [-0.25, -0.2) is 4.98 Å². The van der Waals surface area contributed by atoms with Gasteiger partial charge in [-0.2, -0.15) is 0 Å². The van der Waals surface area contributed by atoms with Crippen LogP contribution in [0.4, 0.5) is 10.8 Å². The van der Waals surface area contributed by atoms with Crippen molar-refractivity contribution in [3.63, 3.8) is 0 Å². The van der Waals surface area contributed by atoms with E-state index >= 15 is 0 Å². The molecule has 1 aliphatic heterocycles. The van der Waals surface area contributed by atoms with Crippen molar-refractivity contribution in [3.8, 4) is 0 Å². The van der Waals surface area contributed by atoms with Crippen molar-refractivity contribution < 1.29 is 14.4 Å². The minimum Gasteiger partial charge on any atom is -0.378 e. The van der Waals surface area contributed by atoms with Crippen LogP contribution in [0, 0.1) is 6.92 Å². The number of thiazole rings is 1. The van der Waals surface area contributed by atoms with Crippen LogP contribution in [-0.4, -0.2) is 72.8 Å². The molecule has 4 rings (SSSR count). The van der Waals surface area contributed by atoms with Gasteiger partial charge in [0.2, 0.25) is 5.91 Å². The van der Waals surface area contributed by atoms with Crippen LogP contribution in [-0.2, 0) is 4.79 Å². The van der Waals surface area contributed by atoms with Crippen LogP contribution in [0.3, 0.4) is 0 Å². The fraction of sp³-hybridized carbons (Fsp3) is 0.333. The van der Waals surface area contributed by atoms with E-state index in [1.807, 2.05) is 61.2 Å². The summed E-state index contributed by atoms with van der Waals surface area (Å²) in [4.78, 5) is 48.5. The number of anilines is 2. The van der Waals surface area contributed by atoms with Gasteiger partial charge in [-0.05, 0) is 55.3 Å². The van der Waals surface area contributed by atoms with E-state index < -0.39 is 0 Å². The third kappa shape index (κ3) is 6.69. The normalized spacial score (nSPS) is 13.7. The molecular weight excluding hydrogens is 506 g/mol. The van der Waals surface area contributed by atoms with E-state index in [1.54, 1.807) is 30.2 Å². The first-order valence-electron chi connectivity index (χ1n) is 12.1. The molecule has 0 unspecified atom stereocenters. The highest BCUT2D eigenvalue weighted by molar-refractivity contribution is 8.01. The Kier molecular flexibility index (Phi) is 8.50. The van der Waals surface area contributed by atoms with Crippen molar-refractivity contribution >= 4 is 51.6 Å². The summed E-state index contributed by atoms with van der Waals surface area (Å²) in [5.74, 6) is -0.184. The molecule has 194 valence electrons. The number of rotatable bonds is 6. The number of carbonyl (C=O) groups excluding carboxylic acids is 3. The van der Waals surface area contributed by atoms with Crippen LogP contribution in [0.15, 0.2) is 57.8 Å². The van der Waals surface area contributed by atoms with E-state index in [9.17, 15) is 14.4 Å². The van der Waals surface area contributed by atoms with Crippen LogP contribution < -0.4 is 10.2 Å². The van der Waals surface area contributed by atoms with E-state index in [-0.39, 0.29) is 17.7 Å². The molecule has 2 aromatic carbocycles. The summed E-state index contributed by atoms with van der Waals surface area (Å²) in [5, 5.41) is 3.39. The number of amides is 3. The molecule has 3 amide bonds. The third-order valence-electron chi connectivity index (χ3n) is 6.22. The van der Waals surface area contributed by atoms with Gasteiger partial charge in [-0.3, -0.25) is 19.7 Å². The summed E-state index contributed by atoms with van der Waals surface area (Å²) >= 11 is 2.92. The van der Waals surface area contributed by atoms with Gasteiger partial charge in [0.15, 0.2) is 5.13 Å². The zero-order valence-corrected chi connectivity index (χ0v) is 23.1. The average Bonchev–Trinajstić information content (AvgIpc) is 3.16. The number of carbonyl (C=O) groups is 3. The van der Waals surface area contributed by atoms with E-state index in [4.69, 9.17) is 0 Å². The quantitative estimate of drug-likeness (QED) is 0.494. The fourth-order valence-electron chi connectivity index (χ4n) is 4.01. The molecular formula is C27H31N5O3S2. The van der Waals surface area contributed by atoms with Crippen molar-refractivity contribution in [1.29, 1.82) is 0 Å². The Morgan fingerprint density at radius 1 is 0.973 bits per heavy atom. The average molecular weight is 538 g/mol. The number of hydrogen-bond donors (Lipinski definition) is 1. The Bertz CT molecular complexity index is 1290. The summed E-state index contributed by atoms with van der Waals surface area (Å²) in [7, 11) is 3.91. The Hall–Kier alpha value is -3.37. The molecule has 0 radical (unpaired) electrons. The zero-order chi connectivity index (χ0) is 26.5. The first kappa shape index (κ1) is 26.7. The molecule has 0 bridgehead atoms. The standard InChI is InChI=1S/C27H31N5O3S2/c1-18-6-7-21(26(35)32-13-5-12-31(14-15-32)19(2)33)16-23(18)36-24-17-28-27(37-24)29-25(34)20-8-10-22(11-9-20)30(3)4/h6-11,16-17H,5,12-15H2,1-4H3,(H,28,29,34). The van der Waals surface area contributed by atoms with Crippen LogP contribution in [0.2, 0.25) is 0 Å². The van der Waals surface area contributed by atoms with E-state index in [2.05, 4.69) is 10.3 Å². The monoisotopic (exact) mass is 537 g/mol. The molecule has 8 nitrogen and oxygen atoms in total. The molecule has 0 saturated carbocycles. The van der Waals surface area contributed by atoms with Gasteiger partial charge in [0, 0.05) is 68.9 Å². The number of aryl methyl sites for hydroxylation is 1. The maximum atomic E-state index is 13.2. The molecule has 10 heteroatoms. The Morgan fingerprint density at radius 3 is 2.35 bits per heavy atom. The molecule has 37 heavy (non-hydrogen) atoms. The number of nitrogens with zero attached hydrogens (tertiary/aromatic N) is 4. The maximum absolute atomic E-state index is 13.2. The van der Waals surface area contributed by atoms with Gasteiger partial charge < -0.3 is 14.7 Å². The third-order valence-corrected chi connectivity index (χ3v) is 8.40. The molecule has 0 atom stereocenters. The summed E-state index contributed by atoms with van der Waals surface area (Å²) in [5.41, 5.74) is 3.27. The largest absolute Gasteiger partial charge is 0.378 e. The molecule has 1 N–H and O–H groups in total. The lowest BCUT2D eigenvalue weighted by Crippen LogP contribution is -2.36. The summed E-state index contributed by atoms with van der Waals surface area (Å²) in [6.45, 7) is 5.98. The highest BCUT2D eigenvalue weighted by Gasteiger charge is 2.22. The first-order valence-corrected chi connectivity index (χ1v) is 13.7. The summed E-state index contributed by atoms with van der Waals surface area (Å²) in [6, 6.07) is 13.1. The van der Waals surface area contributed by atoms with E-state index in [0.717, 1.165) is 26.8 Å². The van der Waals surface area contributed by atoms with Crippen molar-refractivity contribution in [3.05, 3.63) is 65.4 Å². The number of aromatic nitrogens is 1. The highest BCUT2D eigenvalue weighted by atomic mass is 32.2. The van der Waals surface area contributed by atoms with Crippen LogP contribution in [0.1, 0.15) is 39.6 Å². The topological polar surface area (TPSA) is 85.9 Å². The lowest BCUT2D eigenvalue weighted by Gasteiger charge is -2.22. The van der Waals surface area contributed by atoms with Crippen molar-refractivity contribution in [2.45, 2.75) is 29.4 Å². The van der Waals surface area contributed by atoms with Gasteiger partial charge >= 0.3 is 0 Å². The van der Waals surface area contributed by atoms with Crippen LogP contribution in [0.5, 0.6) is 0 Å². The minimum absolute atomic E-state index is 0.0233. The Balaban J connectivity index is 1.41. The zero-order valence-electron chi connectivity index (χ0n) is 21.5. The first-order chi connectivity index (χ1) is 17.7. The molecule has 0 aliphatic carbocycles. The maximum Gasteiger partial charge on any atom is 0.257 e. The van der Waals surface area contributed by atoms with Crippen molar-refractivity contribution in [2.24, 2.45) is 0 Å². The molecule has 1 aromatic heterocycles. The predicted octanol–water partition coefficient (Wildman–Crippen LogP) is 4.62. The van der Waals surface area contributed by atoms with Gasteiger partial charge in [-0.15, -0.1) is 0 Å². The Labute approximate surface area is 225 Å². The summed E-state index contributed by atoms with van der Waals surface area (Å²) < 4.78 is 0.915. The molecule has 0 spiro atoms. The van der Waals surface area contributed by atoms with Gasteiger partial charge in [0.25, 0.3) is 11.8 Å². The van der Waals surface area contributed by atoms with Crippen LogP contribution >= 0.6 is 23.1 Å². The van der Waals surface area contributed by atoms with E-state index in [0.29, 0.717) is 42.4 Å². The molecule has 3 aromatic rings. The Morgan fingerprint density at radius 2 is 1.65 bits per heavy atom. The molecule has 1 fully saturated rings. The summed E-state index contributed by atoms with van der Waals surface area (Å²) in [6.07, 6.45) is 2.51. The second-order valence-electron chi connectivity index (χ2n) is 9.11. The number of nitrogens with one attached hydrogen (secondary N) is 1. The van der Waals surface area contributed by atoms with Gasteiger partial charge in [0.05, 0.1) is 10.4 Å². The van der Waals surface area contributed by atoms with Crippen molar-refractivity contribution in [1.82, 2.24) is 14.8 Å². The lowest BCUT2D eigenvalue weighted by molar-refractivity contribution is -0.128. The second kappa shape index (κ2) is 11.8. The SMILES string of the molecule is CC(=O)N1CCCN(C(=O)c2ccc(C)c(Sc3cnc(NC(=O)c4ccc(N(C)C)cc4)s3)c2)CC1. The van der Waals surface area contributed by atoms with Crippen LogP contribution in [0.25, 0.3) is 0 Å². The van der Waals surface area contributed by atoms with E-state index in [1.165, 1.54) is 23.1 Å². The number of benzene rings is 2. The van der Waals surface area contributed by atoms with Crippen molar-refractivity contribution in [2.75, 3.05) is 50.5 Å². The molecule has 1 aliphatic rings. The van der Waals surface area contributed by atoms with Gasteiger partial charge in [-0.1, -0.05) is 29.2 Å². The molecule has 1 saturated heterocycles. The smallest absolute Gasteiger partial charge is 0.257 e. The predicted molar refractivity (Wildman–Crippen MR) is 149 cm³/mol. The second-order valence-corrected chi connectivity index (χ2v) is 11.5. The van der Waals surface area contributed by atoms with Gasteiger partial charge in [0.1, 0.15) is 0 Å². The highest BCUT2D eigenvalue weighted by Crippen LogP contribution is 2.36. The lowest BCUT2D eigenvalue weighted by atomic mass is 10.1. The molecule has 2 heterocycles. The fourth-order valence-corrected chi connectivity index (χ4v) is 5.97.